The number of hydrogen-bond acceptors (Lipinski definition) is 5. The average Bonchev–Trinajstić information content (AvgIpc) is 2.42. The van der Waals surface area contributed by atoms with E-state index >= 15 is 0 Å². The van der Waals surface area contributed by atoms with Crippen molar-refractivity contribution < 1.29 is 0 Å². The largest absolute Gasteiger partial charge is 0.330 e. The van der Waals surface area contributed by atoms with Crippen molar-refractivity contribution >= 4 is 0 Å². The van der Waals surface area contributed by atoms with Gasteiger partial charge in [0.1, 0.15) is 5.82 Å². The third kappa shape index (κ3) is 4.33. The summed E-state index contributed by atoms with van der Waals surface area (Å²) < 4.78 is 0. The van der Waals surface area contributed by atoms with Gasteiger partial charge in [-0.25, -0.2) is 9.97 Å². The van der Waals surface area contributed by atoms with Crippen molar-refractivity contribution in [2.45, 2.75) is 19.4 Å². The Hall–Kier alpha value is -1.04. The molecule has 0 unspecified atom stereocenters. The Labute approximate surface area is 109 Å². The molecule has 0 radical (unpaired) electrons. The van der Waals surface area contributed by atoms with Crippen LogP contribution in [0.4, 0.5) is 0 Å². The van der Waals surface area contributed by atoms with E-state index in [1.165, 1.54) is 13.0 Å². The van der Waals surface area contributed by atoms with Gasteiger partial charge in [-0.2, -0.15) is 0 Å². The highest BCUT2D eigenvalue weighted by Crippen LogP contribution is 2.06. The number of unbranched alkanes of at least 4 members (excludes halogenated alkanes) is 1. The Morgan fingerprint density at radius 1 is 1.00 bits per heavy atom. The van der Waals surface area contributed by atoms with Gasteiger partial charge in [0.05, 0.1) is 6.54 Å². The lowest BCUT2D eigenvalue weighted by Gasteiger charge is -2.34. The summed E-state index contributed by atoms with van der Waals surface area (Å²) in [5.41, 5.74) is 5.51. The summed E-state index contributed by atoms with van der Waals surface area (Å²) in [6, 6.07) is 1.86. The van der Waals surface area contributed by atoms with Crippen LogP contribution in [0.2, 0.25) is 0 Å². The maximum absolute atomic E-state index is 5.51. The highest BCUT2D eigenvalue weighted by atomic mass is 15.3. The zero-order chi connectivity index (χ0) is 12.6. The molecular formula is C13H23N5. The van der Waals surface area contributed by atoms with Crippen LogP contribution in [0.5, 0.6) is 0 Å². The summed E-state index contributed by atoms with van der Waals surface area (Å²) in [6.07, 6.45) is 5.98. The van der Waals surface area contributed by atoms with E-state index in [0.717, 1.165) is 51.5 Å². The van der Waals surface area contributed by atoms with Crippen LogP contribution in [0.15, 0.2) is 18.5 Å². The van der Waals surface area contributed by atoms with Crippen LogP contribution in [-0.4, -0.2) is 59.0 Å². The van der Waals surface area contributed by atoms with Crippen molar-refractivity contribution in [2.24, 2.45) is 5.73 Å². The predicted molar refractivity (Wildman–Crippen MR) is 72.0 cm³/mol. The Kier molecular flexibility index (Phi) is 5.51. The fourth-order valence-electron chi connectivity index (χ4n) is 2.26. The van der Waals surface area contributed by atoms with Gasteiger partial charge in [0.25, 0.3) is 0 Å². The lowest BCUT2D eigenvalue weighted by molar-refractivity contribution is 0.123. The van der Waals surface area contributed by atoms with Gasteiger partial charge in [0, 0.05) is 38.6 Å². The first-order valence-corrected chi connectivity index (χ1v) is 6.79. The maximum Gasteiger partial charge on any atom is 0.142 e. The molecule has 1 saturated heterocycles. The molecule has 100 valence electrons. The average molecular weight is 249 g/mol. The summed E-state index contributed by atoms with van der Waals surface area (Å²) >= 11 is 0. The maximum atomic E-state index is 5.51. The molecule has 1 aromatic heterocycles. The fourth-order valence-corrected chi connectivity index (χ4v) is 2.26. The molecule has 0 aliphatic carbocycles. The first kappa shape index (κ1) is 13.4. The zero-order valence-corrected chi connectivity index (χ0v) is 11.0. The second-order valence-electron chi connectivity index (χ2n) is 4.78. The van der Waals surface area contributed by atoms with E-state index in [0.29, 0.717) is 0 Å². The topological polar surface area (TPSA) is 58.3 Å². The molecule has 0 saturated carbocycles. The van der Waals surface area contributed by atoms with Gasteiger partial charge in [-0.05, 0) is 32.0 Å². The van der Waals surface area contributed by atoms with Crippen molar-refractivity contribution in [3.8, 4) is 0 Å². The van der Waals surface area contributed by atoms with Gasteiger partial charge in [-0.1, -0.05) is 0 Å². The zero-order valence-electron chi connectivity index (χ0n) is 11.0. The first-order chi connectivity index (χ1) is 8.88. The Bertz CT molecular complexity index is 321. The second kappa shape index (κ2) is 7.41. The van der Waals surface area contributed by atoms with Crippen LogP contribution in [0, 0.1) is 0 Å². The standard InChI is InChI=1S/C13H23N5/c14-4-1-2-7-17-8-10-18(11-9-17)12-13-15-5-3-6-16-13/h3,5-6H,1-2,4,7-12,14H2. The SMILES string of the molecule is NCCCCN1CCN(Cc2ncccn2)CC1. The fraction of sp³-hybridized carbons (Fsp3) is 0.692. The molecule has 0 amide bonds. The van der Waals surface area contributed by atoms with E-state index < -0.39 is 0 Å². The molecule has 18 heavy (non-hydrogen) atoms. The molecule has 0 bridgehead atoms. The molecule has 0 spiro atoms. The smallest absolute Gasteiger partial charge is 0.142 e. The predicted octanol–water partition coefficient (Wildman–Crippen LogP) is 0.333. The van der Waals surface area contributed by atoms with Crippen LogP contribution >= 0.6 is 0 Å². The van der Waals surface area contributed by atoms with Gasteiger partial charge in [-0.3, -0.25) is 4.90 Å². The number of rotatable bonds is 6. The van der Waals surface area contributed by atoms with Crippen molar-refractivity contribution in [3.63, 3.8) is 0 Å². The second-order valence-corrected chi connectivity index (χ2v) is 4.78. The van der Waals surface area contributed by atoms with Crippen LogP contribution in [-0.2, 0) is 6.54 Å². The Balaban J connectivity index is 1.67. The number of nitrogens with two attached hydrogens (primary N) is 1. The van der Waals surface area contributed by atoms with E-state index in [1.807, 2.05) is 18.5 Å². The molecule has 0 aromatic carbocycles. The minimum Gasteiger partial charge on any atom is -0.330 e. The molecule has 2 rings (SSSR count). The van der Waals surface area contributed by atoms with Gasteiger partial charge >= 0.3 is 0 Å². The minimum absolute atomic E-state index is 0.811. The third-order valence-electron chi connectivity index (χ3n) is 3.38. The molecule has 2 heterocycles. The summed E-state index contributed by atoms with van der Waals surface area (Å²) in [6.45, 7) is 7.40. The van der Waals surface area contributed by atoms with Crippen molar-refractivity contribution in [3.05, 3.63) is 24.3 Å². The van der Waals surface area contributed by atoms with Crippen LogP contribution in [0.1, 0.15) is 18.7 Å². The molecule has 5 nitrogen and oxygen atoms in total. The van der Waals surface area contributed by atoms with Crippen LogP contribution in [0.25, 0.3) is 0 Å². The molecule has 1 aliphatic rings. The number of hydrogen-bond donors (Lipinski definition) is 1. The molecule has 2 N–H and O–H groups in total. The Morgan fingerprint density at radius 2 is 1.67 bits per heavy atom. The van der Waals surface area contributed by atoms with Crippen molar-refractivity contribution in [1.82, 2.24) is 19.8 Å². The number of piperazine rings is 1. The van der Waals surface area contributed by atoms with Gasteiger partial charge in [0.2, 0.25) is 0 Å². The normalized spacial score (nSPS) is 18.1. The molecule has 0 atom stereocenters. The van der Waals surface area contributed by atoms with Crippen molar-refractivity contribution in [2.75, 3.05) is 39.3 Å². The Morgan fingerprint density at radius 3 is 2.33 bits per heavy atom. The van der Waals surface area contributed by atoms with Gasteiger partial charge in [0.15, 0.2) is 0 Å². The molecule has 1 aliphatic heterocycles. The van der Waals surface area contributed by atoms with Gasteiger partial charge < -0.3 is 10.6 Å². The highest BCUT2D eigenvalue weighted by molar-refractivity contribution is 4.89. The first-order valence-electron chi connectivity index (χ1n) is 6.79. The van der Waals surface area contributed by atoms with Crippen LogP contribution in [0.3, 0.4) is 0 Å². The van der Waals surface area contributed by atoms with E-state index in [2.05, 4.69) is 19.8 Å². The lowest BCUT2D eigenvalue weighted by atomic mass is 10.2. The summed E-state index contributed by atoms with van der Waals surface area (Å²) in [5.74, 6) is 0.925. The summed E-state index contributed by atoms with van der Waals surface area (Å²) in [4.78, 5) is 13.5. The molecular weight excluding hydrogens is 226 g/mol. The van der Waals surface area contributed by atoms with Crippen molar-refractivity contribution in [1.29, 1.82) is 0 Å². The van der Waals surface area contributed by atoms with E-state index in [4.69, 9.17) is 5.73 Å². The van der Waals surface area contributed by atoms with E-state index in [9.17, 15) is 0 Å². The van der Waals surface area contributed by atoms with Crippen LogP contribution < -0.4 is 5.73 Å². The van der Waals surface area contributed by atoms with E-state index in [1.54, 1.807) is 0 Å². The van der Waals surface area contributed by atoms with E-state index in [-0.39, 0.29) is 0 Å². The highest BCUT2D eigenvalue weighted by Gasteiger charge is 2.16. The minimum atomic E-state index is 0.811. The lowest BCUT2D eigenvalue weighted by Crippen LogP contribution is -2.46. The molecule has 1 aromatic rings. The molecule has 5 heteroatoms. The molecule has 1 fully saturated rings. The summed E-state index contributed by atoms with van der Waals surface area (Å²) in [5, 5.41) is 0. The quantitative estimate of drug-likeness (QED) is 0.736. The number of nitrogens with zero attached hydrogens (tertiary/aromatic N) is 4. The monoisotopic (exact) mass is 249 g/mol. The number of aromatic nitrogens is 2. The van der Waals surface area contributed by atoms with Gasteiger partial charge in [-0.15, -0.1) is 0 Å². The summed E-state index contributed by atoms with van der Waals surface area (Å²) in [7, 11) is 0. The third-order valence-corrected chi connectivity index (χ3v) is 3.38.